The summed E-state index contributed by atoms with van der Waals surface area (Å²) >= 11 is 0. The standard InChI is InChI=1S/C31H38F2O/c1-3-5-6-7-22-10-15-25(16-11-22)26-17-12-23(13-18-26)8-9-24-14-19-27-21-29(34-4-2)31(33)30(32)28(27)20-24/h12-14,17-22,25H,3-11,15-16H2,1-2H3. The van der Waals surface area contributed by atoms with E-state index in [1.165, 1.54) is 62.5 Å². The van der Waals surface area contributed by atoms with Crippen LogP contribution in [-0.2, 0) is 12.8 Å². The first kappa shape index (κ1) is 24.7. The first-order valence-corrected chi connectivity index (χ1v) is 13.2. The molecule has 0 amide bonds. The highest BCUT2D eigenvalue weighted by molar-refractivity contribution is 5.85. The molecule has 182 valence electrons. The second-order valence-electron chi connectivity index (χ2n) is 9.95. The topological polar surface area (TPSA) is 9.23 Å². The lowest BCUT2D eigenvalue weighted by atomic mass is 9.77. The van der Waals surface area contributed by atoms with E-state index < -0.39 is 11.6 Å². The minimum absolute atomic E-state index is 0.0229. The summed E-state index contributed by atoms with van der Waals surface area (Å²) in [6.07, 6.45) is 12.6. The molecule has 1 fully saturated rings. The van der Waals surface area contributed by atoms with Crippen molar-refractivity contribution in [3.8, 4) is 5.75 Å². The second-order valence-corrected chi connectivity index (χ2v) is 9.95. The fraction of sp³-hybridized carbons (Fsp3) is 0.484. The van der Waals surface area contributed by atoms with Crippen molar-refractivity contribution in [3.63, 3.8) is 0 Å². The van der Waals surface area contributed by atoms with Crippen molar-refractivity contribution in [3.05, 3.63) is 76.9 Å². The minimum Gasteiger partial charge on any atom is -0.491 e. The van der Waals surface area contributed by atoms with Gasteiger partial charge in [-0.1, -0.05) is 69.0 Å². The van der Waals surface area contributed by atoms with Crippen LogP contribution < -0.4 is 4.74 Å². The predicted molar refractivity (Wildman–Crippen MR) is 138 cm³/mol. The van der Waals surface area contributed by atoms with Gasteiger partial charge in [0.2, 0.25) is 5.82 Å². The van der Waals surface area contributed by atoms with Gasteiger partial charge in [0, 0.05) is 5.39 Å². The Labute approximate surface area is 203 Å². The van der Waals surface area contributed by atoms with E-state index in [-0.39, 0.29) is 5.75 Å². The number of fused-ring (bicyclic) bond motifs is 1. The van der Waals surface area contributed by atoms with Crippen molar-refractivity contribution in [2.24, 2.45) is 5.92 Å². The van der Waals surface area contributed by atoms with Crippen molar-refractivity contribution in [2.45, 2.75) is 84.0 Å². The van der Waals surface area contributed by atoms with Gasteiger partial charge in [-0.25, -0.2) is 4.39 Å². The van der Waals surface area contributed by atoms with E-state index in [0.29, 0.717) is 23.3 Å². The zero-order chi connectivity index (χ0) is 23.9. The summed E-state index contributed by atoms with van der Waals surface area (Å²) in [6, 6.07) is 16.3. The molecule has 0 radical (unpaired) electrons. The Bertz CT molecular complexity index is 1060. The van der Waals surface area contributed by atoms with Crippen LogP contribution in [0.4, 0.5) is 8.78 Å². The second kappa shape index (κ2) is 11.8. The normalized spacial score (nSPS) is 18.4. The van der Waals surface area contributed by atoms with Gasteiger partial charge in [-0.05, 0) is 91.5 Å². The lowest BCUT2D eigenvalue weighted by molar-refractivity contribution is 0.303. The molecule has 3 aromatic rings. The first-order valence-electron chi connectivity index (χ1n) is 13.2. The summed E-state index contributed by atoms with van der Waals surface area (Å²) in [6.45, 7) is 4.35. The van der Waals surface area contributed by atoms with Crippen molar-refractivity contribution >= 4 is 10.8 Å². The Kier molecular flexibility index (Phi) is 8.59. The van der Waals surface area contributed by atoms with Crippen LogP contribution in [-0.4, -0.2) is 6.61 Å². The van der Waals surface area contributed by atoms with E-state index in [4.69, 9.17) is 4.74 Å². The Morgan fingerprint density at radius 2 is 1.50 bits per heavy atom. The van der Waals surface area contributed by atoms with Gasteiger partial charge in [-0.15, -0.1) is 0 Å². The number of halogens is 2. The molecule has 4 rings (SSSR count). The summed E-state index contributed by atoms with van der Waals surface area (Å²) in [5.74, 6) is -0.112. The van der Waals surface area contributed by atoms with Crippen LogP contribution in [0.2, 0.25) is 0 Å². The molecule has 3 aromatic carbocycles. The van der Waals surface area contributed by atoms with Crippen LogP contribution in [0.25, 0.3) is 10.8 Å². The smallest absolute Gasteiger partial charge is 0.201 e. The summed E-state index contributed by atoms with van der Waals surface area (Å²) in [5, 5.41) is 0.981. The van der Waals surface area contributed by atoms with Crippen LogP contribution in [0.15, 0.2) is 48.5 Å². The van der Waals surface area contributed by atoms with E-state index in [0.717, 1.165) is 24.3 Å². The van der Waals surface area contributed by atoms with Crippen LogP contribution >= 0.6 is 0 Å². The van der Waals surface area contributed by atoms with Crippen LogP contribution in [0, 0.1) is 17.6 Å². The molecule has 1 aliphatic rings. The molecule has 34 heavy (non-hydrogen) atoms. The van der Waals surface area contributed by atoms with Gasteiger partial charge in [-0.2, -0.15) is 4.39 Å². The predicted octanol–water partition coefficient (Wildman–Crippen LogP) is 9.16. The number of hydrogen-bond donors (Lipinski definition) is 0. The maximum atomic E-state index is 14.6. The molecule has 0 atom stereocenters. The largest absolute Gasteiger partial charge is 0.491 e. The maximum Gasteiger partial charge on any atom is 0.201 e. The number of hydrogen-bond acceptors (Lipinski definition) is 1. The molecule has 0 saturated heterocycles. The van der Waals surface area contributed by atoms with Gasteiger partial charge in [0.05, 0.1) is 6.61 Å². The van der Waals surface area contributed by atoms with Crippen molar-refractivity contribution in [2.75, 3.05) is 6.61 Å². The van der Waals surface area contributed by atoms with Crippen molar-refractivity contribution in [1.29, 1.82) is 0 Å². The van der Waals surface area contributed by atoms with Crippen LogP contribution in [0.5, 0.6) is 5.75 Å². The zero-order valence-corrected chi connectivity index (χ0v) is 20.7. The first-order chi connectivity index (χ1) is 16.6. The molecule has 0 spiro atoms. The third kappa shape index (κ3) is 5.98. The lowest BCUT2D eigenvalue weighted by Gasteiger charge is -2.29. The van der Waals surface area contributed by atoms with E-state index in [1.54, 1.807) is 19.1 Å². The highest BCUT2D eigenvalue weighted by atomic mass is 19.2. The van der Waals surface area contributed by atoms with Gasteiger partial charge in [0.15, 0.2) is 11.6 Å². The number of ether oxygens (including phenoxy) is 1. The summed E-state index contributed by atoms with van der Waals surface area (Å²) in [7, 11) is 0. The minimum atomic E-state index is -0.905. The van der Waals surface area contributed by atoms with E-state index >= 15 is 0 Å². The van der Waals surface area contributed by atoms with Crippen molar-refractivity contribution in [1.82, 2.24) is 0 Å². The molecule has 0 unspecified atom stereocenters. The van der Waals surface area contributed by atoms with E-state index in [2.05, 4.69) is 31.2 Å². The Morgan fingerprint density at radius 1 is 0.794 bits per heavy atom. The Hall–Kier alpha value is -2.42. The quantitative estimate of drug-likeness (QED) is 0.272. The molecule has 1 nitrogen and oxygen atoms in total. The highest BCUT2D eigenvalue weighted by Crippen LogP contribution is 2.38. The molecule has 0 bridgehead atoms. The molecule has 1 aliphatic carbocycles. The Morgan fingerprint density at radius 3 is 2.21 bits per heavy atom. The van der Waals surface area contributed by atoms with Gasteiger partial charge >= 0.3 is 0 Å². The zero-order valence-electron chi connectivity index (χ0n) is 20.7. The Balaban J connectivity index is 1.33. The van der Waals surface area contributed by atoms with Gasteiger partial charge in [0.25, 0.3) is 0 Å². The van der Waals surface area contributed by atoms with E-state index in [1.807, 2.05) is 12.1 Å². The highest BCUT2D eigenvalue weighted by Gasteiger charge is 2.22. The number of benzene rings is 3. The molecule has 0 aromatic heterocycles. The fourth-order valence-corrected chi connectivity index (χ4v) is 5.48. The average molecular weight is 465 g/mol. The third-order valence-corrected chi connectivity index (χ3v) is 7.57. The number of aryl methyl sites for hydroxylation is 2. The van der Waals surface area contributed by atoms with Gasteiger partial charge < -0.3 is 4.74 Å². The summed E-state index contributed by atoms with van der Waals surface area (Å²) in [5.41, 5.74) is 3.78. The van der Waals surface area contributed by atoms with Crippen molar-refractivity contribution < 1.29 is 13.5 Å². The molecule has 3 heteroatoms. The fourth-order valence-electron chi connectivity index (χ4n) is 5.48. The van der Waals surface area contributed by atoms with Crippen LogP contribution in [0.1, 0.15) is 87.8 Å². The average Bonchev–Trinajstić information content (AvgIpc) is 2.87. The summed E-state index contributed by atoms with van der Waals surface area (Å²) < 4.78 is 34.1. The molecular formula is C31H38F2O. The number of unbranched alkanes of at least 4 members (excludes halogenated alkanes) is 2. The summed E-state index contributed by atoms with van der Waals surface area (Å²) in [4.78, 5) is 0. The SMILES string of the molecule is CCCCCC1CCC(c2ccc(CCc3ccc4cc(OCC)c(F)c(F)c4c3)cc2)CC1. The molecule has 0 heterocycles. The van der Waals surface area contributed by atoms with Gasteiger partial charge in [0.1, 0.15) is 0 Å². The molecule has 0 N–H and O–H groups in total. The van der Waals surface area contributed by atoms with E-state index in [9.17, 15) is 8.78 Å². The number of rotatable bonds is 10. The lowest BCUT2D eigenvalue weighted by Crippen LogP contribution is -2.13. The third-order valence-electron chi connectivity index (χ3n) is 7.57. The maximum absolute atomic E-state index is 14.6. The van der Waals surface area contributed by atoms with Crippen LogP contribution in [0.3, 0.4) is 0 Å². The van der Waals surface area contributed by atoms with Gasteiger partial charge in [-0.3, -0.25) is 0 Å². The molecule has 1 saturated carbocycles. The molecular weight excluding hydrogens is 426 g/mol. The monoisotopic (exact) mass is 464 g/mol. The molecule has 0 aliphatic heterocycles.